The summed E-state index contributed by atoms with van der Waals surface area (Å²) in [5.41, 5.74) is 0.795. The highest BCUT2D eigenvalue weighted by Crippen LogP contribution is 2.17. The smallest absolute Gasteiger partial charge is 0.176 e. The molecule has 1 fully saturated rings. The number of carbonyl (C=O) groups excluding carboxylic acids is 1. The van der Waals surface area contributed by atoms with Crippen molar-refractivity contribution in [1.29, 1.82) is 0 Å². The number of likely N-dealkylation sites (tertiary alicyclic amines) is 1. The second-order valence-corrected chi connectivity index (χ2v) is 6.79. The molecule has 0 aromatic heterocycles. The third-order valence-corrected chi connectivity index (χ3v) is 4.52. The molecule has 0 unspecified atom stereocenters. The van der Waals surface area contributed by atoms with Gasteiger partial charge in [0.05, 0.1) is 6.54 Å². The number of nitrogens with zero attached hydrogens (tertiary/aromatic N) is 2. The Hall–Kier alpha value is -0.710. The molecule has 1 aliphatic rings. The predicted molar refractivity (Wildman–Crippen MR) is 86.2 cm³/mol. The standard InChI is InChI=1S/C16H23BrN2O/c1-18-9-7-13(8-10-18)11-19(2)12-16(20)14-3-5-15(17)6-4-14/h3-6,13H,7-12H2,1-2H3. The van der Waals surface area contributed by atoms with Gasteiger partial charge in [-0.2, -0.15) is 0 Å². The number of piperidine rings is 1. The molecule has 0 bridgehead atoms. The van der Waals surface area contributed by atoms with E-state index in [0.29, 0.717) is 6.54 Å². The first-order valence-corrected chi connectivity index (χ1v) is 8.00. The molecule has 0 amide bonds. The van der Waals surface area contributed by atoms with Gasteiger partial charge in [0.25, 0.3) is 0 Å². The van der Waals surface area contributed by atoms with Crippen LogP contribution < -0.4 is 0 Å². The molecule has 110 valence electrons. The fourth-order valence-electron chi connectivity index (χ4n) is 2.72. The van der Waals surface area contributed by atoms with E-state index >= 15 is 0 Å². The lowest BCUT2D eigenvalue weighted by Gasteiger charge is -2.31. The number of halogens is 1. The highest BCUT2D eigenvalue weighted by molar-refractivity contribution is 9.10. The van der Waals surface area contributed by atoms with Crippen LogP contribution in [0.4, 0.5) is 0 Å². The Labute approximate surface area is 130 Å². The number of rotatable bonds is 5. The van der Waals surface area contributed by atoms with Gasteiger partial charge in [0, 0.05) is 16.6 Å². The second-order valence-electron chi connectivity index (χ2n) is 5.87. The van der Waals surface area contributed by atoms with Crippen LogP contribution in [-0.2, 0) is 0 Å². The Bertz CT molecular complexity index is 438. The Morgan fingerprint density at radius 3 is 2.50 bits per heavy atom. The van der Waals surface area contributed by atoms with Crippen molar-refractivity contribution in [1.82, 2.24) is 9.80 Å². The zero-order chi connectivity index (χ0) is 14.5. The van der Waals surface area contributed by atoms with Crippen LogP contribution in [0.25, 0.3) is 0 Å². The average molecular weight is 339 g/mol. The third kappa shape index (κ3) is 4.69. The van der Waals surface area contributed by atoms with Crippen LogP contribution in [-0.4, -0.2) is 55.9 Å². The lowest BCUT2D eigenvalue weighted by atomic mass is 9.96. The van der Waals surface area contributed by atoms with E-state index in [4.69, 9.17) is 0 Å². The van der Waals surface area contributed by atoms with Crippen molar-refractivity contribution in [2.24, 2.45) is 5.92 Å². The molecule has 0 N–H and O–H groups in total. The number of carbonyl (C=O) groups is 1. The van der Waals surface area contributed by atoms with Gasteiger partial charge in [-0.15, -0.1) is 0 Å². The van der Waals surface area contributed by atoms with Gasteiger partial charge in [-0.3, -0.25) is 9.69 Å². The maximum absolute atomic E-state index is 12.2. The largest absolute Gasteiger partial charge is 0.306 e. The van der Waals surface area contributed by atoms with E-state index in [-0.39, 0.29) is 5.78 Å². The third-order valence-electron chi connectivity index (χ3n) is 3.99. The Kier molecular flexibility index (Phi) is 5.75. The molecule has 20 heavy (non-hydrogen) atoms. The van der Waals surface area contributed by atoms with Crippen LogP contribution in [0.15, 0.2) is 28.7 Å². The molecule has 0 aliphatic carbocycles. The molecule has 3 nitrogen and oxygen atoms in total. The molecular formula is C16H23BrN2O. The van der Waals surface area contributed by atoms with Gasteiger partial charge in [-0.25, -0.2) is 0 Å². The number of hydrogen-bond acceptors (Lipinski definition) is 3. The zero-order valence-electron chi connectivity index (χ0n) is 12.3. The lowest BCUT2D eigenvalue weighted by molar-refractivity contribution is 0.0925. The first kappa shape index (κ1) is 15.7. The summed E-state index contributed by atoms with van der Waals surface area (Å²) in [6, 6.07) is 7.61. The summed E-state index contributed by atoms with van der Waals surface area (Å²) in [6.07, 6.45) is 2.49. The zero-order valence-corrected chi connectivity index (χ0v) is 13.9. The molecule has 0 radical (unpaired) electrons. The monoisotopic (exact) mass is 338 g/mol. The number of Topliss-reactive ketones (excluding diaryl/α,β-unsaturated/α-hetero) is 1. The molecule has 0 spiro atoms. The molecule has 0 saturated carbocycles. The molecule has 1 aromatic carbocycles. The minimum Gasteiger partial charge on any atom is -0.306 e. The number of ketones is 1. The number of likely N-dealkylation sites (N-methyl/N-ethyl adjacent to an activating group) is 1. The van der Waals surface area contributed by atoms with Gasteiger partial charge in [0.2, 0.25) is 0 Å². The minimum absolute atomic E-state index is 0.202. The molecule has 1 saturated heterocycles. The van der Waals surface area contributed by atoms with Gasteiger partial charge in [0.15, 0.2) is 5.78 Å². The van der Waals surface area contributed by atoms with Crippen molar-refractivity contribution in [3.8, 4) is 0 Å². The van der Waals surface area contributed by atoms with Gasteiger partial charge in [0.1, 0.15) is 0 Å². The molecule has 4 heteroatoms. The van der Waals surface area contributed by atoms with Gasteiger partial charge in [-0.05, 0) is 58.1 Å². The highest BCUT2D eigenvalue weighted by Gasteiger charge is 2.19. The van der Waals surface area contributed by atoms with E-state index in [2.05, 4.69) is 39.8 Å². The maximum Gasteiger partial charge on any atom is 0.176 e. The first-order chi connectivity index (χ1) is 9.54. The van der Waals surface area contributed by atoms with E-state index in [1.807, 2.05) is 24.3 Å². The van der Waals surface area contributed by atoms with Crippen LogP contribution >= 0.6 is 15.9 Å². The topological polar surface area (TPSA) is 23.6 Å². The van der Waals surface area contributed by atoms with Crippen molar-refractivity contribution < 1.29 is 4.79 Å². The summed E-state index contributed by atoms with van der Waals surface area (Å²) in [5.74, 6) is 0.932. The number of hydrogen-bond donors (Lipinski definition) is 0. The summed E-state index contributed by atoms with van der Waals surface area (Å²) in [6.45, 7) is 3.89. The van der Waals surface area contributed by atoms with E-state index in [0.717, 1.165) is 22.5 Å². The molecular weight excluding hydrogens is 316 g/mol. The van der Waals surface area contributed by atoms with Crippen LogP contribution in [0.1, 0.15) is 23.2 Å². The highest BCUT2D eigenvalue weighted by atomic mass is 79.9. The SMILES string of the molecule is CN1CCC(CN(C)CC(=O)c2ccc(Br)cc2)CC1. The summed E-state index contributed by atoms with van der Waals surface area (Å²) < 4.78 is 1.01. The quantitative estimate of drug-likeness (QED) is 0.771. The fraction of sp³-hybridized carbons (Fsp3) is 0.562. The summed E-state index contributed by atoms with van der Waals surface area (Å²) >= 11 is 3.39. The fourth-order valence-corrected chi connectivity index (χ4v) is 2.99. The van der Waals surface area contributed by atoms with E-state index in [1.165, 1.54) is 25.9 Å². The van der Waals surface area contributed by atoms with Crippen molar-refractivity contribution in [2.45, 2.75) is 12.8 Å². The molecule has 0 atom stereocenters. The van der Waals surface area contributed by atoms with Gasteiger partial charge in [-0.1, -0.05) is 28.1 Å². The Balaban J connectivity index is 1.80. The predicted octanol–water partition coefficient (Wildman–Crippen LogP) is 2.91. The number of benzene rings is 1. The van der Waals surface area contributed by atoms with E-state index in [1.54, 1.807) is 0 Å². The van der Waals surface area contributed by atoms with Crippen LogP contribution in [0.5, 0.6) is 0 Å². The Morgan fingerprint density at radius 2 is 1.90 bits per heavy atom. The van der Waals surface area contributed by atoms with Gasteiger partial charge < -0.3 is 4.90 Å². The molecule has 1 heterocycles. The van der Waals surface area contributed by atoms with Crippen molar-refractivity contribution in [3.05, 3.63) is 34.3 Å². The van der Waals surface area contributed by atoms with Crippen molar-refractivity contribution in [2.75, 3.05) is 40.3 Å². The van der Waals surface area contributed by atoms with Crippen molar-refractivity contribution >= 4 is 21.7 Å². The summed E-state index contributed by atoms with van der Waals surface area (Å²) in [5, 5.41) is 0. The van der Waals surface area contributed by atoms with Crippen molar-refractivity contribution in [3.63, 3.8) is 0 Å². The minimum atomic E-state index is 0.202. The van der Waals surface area contributed by atoms with Gasteiger partial charge >= 0.3 is 0 Å². The molecule has 2 rings (SSSR count). The van der Waals surface area contributed by atoms with Crippen LogP contribution in [0, 0.1) is 5.92 Å². The maximum atomic E-state index is 12.2. The van der Waals surface area contributed by atoms with E-state index in [9.17, 15) is 4.79 Å². The summed E-state index contributed by atoms with van der Waals surface area (Å²) in [4.78, 5) is 16.7. The van der Waals surface area contributed by atoms with Crippen LogP contribution in [0.2, 0.25) is 0 Å². The first-order valence-electron chi connectivity index (χ1n) is 7.20. The Morgan fingerprint density at radius 1 is 1.30 bits per heavy atom. The summed E-state index contributed by atoms with van der Waals surface area (Å²) in [7, 11) is 4.23. The average Bonchev–Trinajstić information content (AvgIpc) is 2.42. The second kappa shape index (κ2) is 7.34. The van der Waals surface area contributed by atoms with Crippen LogP contribution in [0.3, 0.4) is 0 Å². The van der Waals surface area contributed by atoms with E-state index < -0.39 is 0 Å². The lowest BCUT2D eigenvalue weighted by Crippen LogP contribution is -2.37. The molecule has 1 aliphatic heterocycles. The normalized spacial score (nSPS) is 17.6. The molecule has 1 aromatic rings.